The second-order valence-electron chi connectivity index (χ2n) is 7.79. The third-order valence-corrected chi connectivity index (χ3v) is 4.61. The Morgan fingerprint density at radius 2 is 1.92 bits per heavy atom. The number of benzene rings is 1. The highest BCUT2D eigenvalue weighted by Crippen LogP contribution is 2.33. The summed E-state index contributed by atoms with van der Waals surface area (Å²) in [5, 5.41) is 2.03. The molecule has 0 bridgehead atoms. The molecule has 0 radical (unpaired) electrons. The molecule has 0 saturated heterocycles. The van der Waals surface area contributed by atoms with Crippen LogP contribution in [0.5, 0.6) is 0 Å². The molecule has 1 heterocycles. The Balaban J connectivity index is 2.02. The van der Waals surface area contributed by atoms with Gasteiger partial charge in [0.1, 0.15) is 5.60 Å². The van der Waals surface area contributed by atoms with Gasteiger partial charge in [0, 0.05) is 35.2 Å². The number of carbonyl (C=O) groups excluding carboxylic acids is 1. The van der Waals surface area contributed by atoms with Crippen molar-refractivity contribution in [1.82, 2.24) is 4.98 Å². The van der Waals surface area contributed by atoms with Crippen LogP contribution in [0.1, 0.15) is 46.5 Å². The molecule has 3 rings (SSSR count). The van der Waals surface area contributed by atoms with Crippen molar-refractivity contribution in [3.63, 3.8) is 0 Å². The molecule has 1 aromatic carbocycles. The smallest absolute Gasteiger partial charge is 0.415 e. The van der Waals surface area contributed by atoms with E-state index in [9.17, 15) is 4.79 Å². The number of nitrogens with zero attached hydrogens (tertiary/aromatic N) is 2. The van der Waals surface area contributed by atoms with Crippen molar-refractivity contribution < 1.29 is 9.53 Å². The first-order valence-corrected chi connectivity index (χ1v) is 8.96. The fourth-order valence-corrected chi connectivity index (χ4v) is 3.43. The van der Waals surface area contributed by atoms with Crippen LogP contribution in [0.4, 0.5) is 10.5 Å². The molecule has 0 aliphatic heterocycles. The first-order valence-electron chi connectivity index (χ1n) is 8.96. The number of amides is 1. The summed E-state index contributed by atoms with van der Waals surface area (Å²) in [4.78, 5) is 19.1. The number of pyridine rings is 1. The van der Waals surface area contributed by atoms with Crippen molar-refractivity contribution in [2.45, 2.75) is 64.1 Å². The lowest BCUT2D eigenvalue weighted by atomic mass is 9.90. The highest BCUT2D eigenvalue weighted by atomic mass is 16.6. The molecule has 2 N–H and O–H groups in total. The first kappa shape index (κ1) is 17.7. The maximum absolute atomic E-state index is 13.0. The Morgan fingerprint density at radius 3 is 2.60 bits per heavy atom. The summed E-state index contributed by atoms with van der Waals surface area (Å²) in [6, 6.07) is 8.25. The van der Waals surface area contributed by atoms with Crippen molar-refractivity contribution in [2.75, 3.05) is 4.90 Å². The van der Waals surface area contributed by atoms with E-state index < -0.39 is 5.60 Å². The zero-order valence-electron chi connectivity index (χ0n) is 15.2. The van der Waals surface area contributed by atoms with Crippen LogP contribution < -0.4 is 10.6 Å². The molecule has 1 amide bonds. The molecule has 25 heavy (non-hydrogen) atoms. The molecule has 1 aromatic heterocycles. The maximum atomic E-state index is 13.0. The second-order valence-corrected chi connectivity index (χ2v) is 7.79. The van der Waals surface area contributed by atoms with E-state index >= 15 is 0 Å². The van der Waals surface area contributed by atoms with Gasteiger partial charge in [-0.1, -0.05) is 12.1 Å². The number of fused-ring (bicyclic) bond motifs is 1. The Morgan fingerprint density at radius 1 is 1.20 bits per heavy atom. The van der Waals surface area contributed by atoms with E-state index in [1.807, 2.05) is 56.1 Å². The zero-order chi connectivity index (χ0) is 18.0. The van der Waals surface area contributed by atoms with Gasteiger partial charge in [-0.2, -0.15) is 0 Å². The lowest BCUT2D eigenvalue weighted by Crippen LogP contribution is -2.46. The van der Waals surface area contributed by atoms with E-state index in [-0.39, 0.29) is 18.2 Å². The van der Waals surface area contributed by atoms with Crippen LogP contribution in [0, 0.1) is 0 Å². The van der Waals surface area contributed by atoms with Crippen molar-refractivity contribution in [3.05, 3.63) is 36.7 Å². The molecule has 5 heteroatoms. The number of hydrogen-bond acceptors (Lipinski definition) is 4. The summed E-state index contributed by atoms with van der Waals surface area (Å²) in [5.74, 6) is 0. The van der Waals surface area contributed by atoms with Gasteiger partial charge in [-0.15, -0.1) is 0 Å². The molecule has 1 saturated carbocycles. The summed E-state index contributed by atoms with van der Waals surface area (Å²) in [5.41, 5.74) is 6.41. The van der Waals surface area contributed by atoms with Crippen molar-refractivity contribution >= 4 is 22.6 Å². The first-order chi connectivity index (χ1) is 11.8. The Labute approximate surface area is 149 Å². The number of anilines is 1. The Bertz CT molecular complexity index is 741. The Hall–Kier alpha value is -2.14. The van der Waals surface area contributed by atoms with Crippen LogP contribution in [0.2, 0.25) is 0 Å². The molecular formula is C20H27N3O2. The minimum absolute atomic E-state index is 0.105. The maximum Gasteiger partial charge on any atom is 0.415 e. The zero-order valence-corrected chi connectivity index (χ0v) is 15.2. The van der Waals surface area contributed by atoms with Crippen molar-refractivity contribution in [1.29, 1.82) is 0 Å². The van der Waals surface area contributed by atoms with E-state index in [4.69, 9.17) is 10.5 Å². The molecule has 2 aromatic rings. The van der Waals surface area contributed by atoms with E-state index in [0.29, 0.717) is 0 Å². The quantitative estimate of drug-likeness (QED) is 0.887. The molecule has 0 unspecified atom stereocenters. The lowest BCUT2D eigenvalue weighted by molar-refractivity contribution is 0.0557. The average molecular weight is 341 g/mol. The minimum atomic E-state index is -0.535. The van der Waals surface area contributed by atoms with Gasteiger partial charge in [0.25, 0.3) is 0 Å². The van der Waals surface area contributed by atoms with Crippen LogP contribution in [0.25, 0.3) is 10.8 Å². The molecule has 1 aliphatic carbocycles. The summed E-state index contributed by atoms with van der Waals surface area (Å²) in [6.07, 6.45) is 6.92. The summed E-state index contributed by atoms with van der Waals surface area (Å²) < 4.78 is 5.72. The number of ether oxygens (including phenoxy) is 1. The number of rotatable bonds is 2. The number of nitrogens with two attached hydrogens (primary N) is 1. The van der Waals surface area contributed by atoms with Crippen LogP contribution >= 0.6 is 0 Å². The second kappa shape index (κ2) is 7.00. The van der Waals surface area contributed by atoms with Crippen molar-refractivity contribution in [2.24, 2.45) is 5.73 Å². The topological polar surface area (TPSA) is 68.5 Å². The molecular weight excluding hydrogens is 314 g/mol. The van der Waals surface area contributed by atoms with Crippen LogP contribution in [-0.2, 0) is 4.74 Å². The van der Waals surface area contributed by atoms with Gasteiger partial charge in [0.15, 0.2) is 0 Å². The summed E-state index contributed by atoms with van der Waals surface area (Å²) in [7, 11) is 0. The molecule has 1 fully saturated rings. The Kier molecular flexibility index (Phi) is 4.95. The third kappa shape index (κ3) is 4.10. The summed E-state index contributed by atoms with van der Waals surface area (Å²) in [6.45, 7) is 5.69. The number of hydrogen-bond donors (Lipinski definition) is 1. The lowest BCUT2D eigenvalue weighted by Gasteiger charge is -2.37. The molecule has 134 valence electrons. The van der Waals surface area contributed by atoms with Gasteiger partial charge in [-0.3, -0.25) is 9.88 Å². The predicted molar refractivity (Wildman–Crippen MR) is 101 cm³/mol. The molecule has 1 aliphatic rings. The van der Waals surface area contributed by atoms with Crippen molar-refractivity contribution in [3.8, 4) is 0 Å². The largest absolute Gasteiger partial charge is 0.443 e. The van der Waals surface area contributed by atoms with Gasteiger partial charge >= 0.3 is 6.09 Å². The third-order valence-electron chi connectivity index (χ3n) is 4.61. The van der Waals surface area contributed by atoms with Crippen LogP contribution in [0.3, 0.4) is 0 Å². The van der Waals surface area contributed by atoms with E-state index in [2.05, 4.69) is 4.98 Å². The van der Waals surface area contributed by atoms with Gasteiger partial charge in [0.2, 0.25) is 0 Å². The predicted octanol–water partition coefficient (Wildman–Crippen LogP) is 4.25. The van der Waals surface area contributed by atoms with Gasteiger partial charge in [0.05, 0.1) is 5.69 Å². The highest BCUT2D eigenvalue weighted by molar-refractivity contribution is 6.01. The van der Waals surface area contributed by atoms with E-state index in [1.54, 1.807) is 6.20 Å². The summed E-state index contributed by atoms with van der Waals surface area (Å²) >= 11 is 0. The fourth-order valence-electron chi connectivity index (χ4n) is 3.43. The number of aromatic nitrogens is 1. The molecule has 0 spiro atoms. The standard InChI is InChI=1S/C20H27N3O2/c1-20(2,3)25-19(24)23(16-9-7-15(21)8-10-16)18-6-4-5-14-13-22-12-11-17(14)18/h4-6,11-13,15-16H,7-10,21H2,1-3H3/t15-,16+. The highest BCUT2D eigenvalue weighted by Gasteiger charge is 2.32. The van der Waals surface area contributed by atoms with Gasteiger partial charge < -0.3 is 10.5 Å². The monoisotopic (exact) mass is 341 g/mol. The van der Waals surface area contributed by atoms with Gasteiger partial charge in [-0.05, 0) is 58.6 Å². The van der Waals surface area contributed by atoms with E-state index in [0.717, 1.165) is 42.1 Å². The molecule has 5 nitrogen and oxygen atoms in total. The van der Waals surface area contributed by atoms with Crippen LogP contribution in [0.15, 0.2) is 36.7 Å². The normalized spacial score (nSPS) is 21.1. The average Bonchev–Trinajstić information content (AvgIpc) is 2.55. The minimum Gasteiger partial charge on any atom is -0.443 e. The van der Waals surface area contributed by atoms with Crippen LogP contribution in [-0.4, -0.2) is 28.8 Å². The van der Waals surface area contributed by atoms with Gasteiger partial charge in [-0.25, -0.2) is 4.79 Å². The number of carbonyl (C=O) groups is 1. The molecule has 0 atom stereocenters. The fraction of sp³-hybridized carbons (Fsp3) is 0.500. The SMILES string of the molecule is CC(C)(C)OC(=O)N(c1cccc2cnccc12)[C@H]1CC[C@@H](N)CC1. The van der Waals surface area contributed by atoms with E-state index in [1.165, 1.54) is 0 Å².